The van der Waals surface area contributed by atoms with E-state index in [4.69, 9.17) is 5.41 Å². The van der Waals surface area contributed by atoms with Crippen molar-refractivity contribution in [3.05, 3.63) is 47.3 Å². The van der Waals surface area contributed by atoms with E-state index in [1.807, 2.05) is 12.2 Å². The van der Waals surface area contributed by atoms with Gasteiger partial charge >= 0.3 is 0 Å². The van der Waals surface area contributed by atoms with Crippen LogP contribution in [0.5, 0.6) is 0 Å². The Hall–Kier alpha value is -3.29. The number of hydrogen-bond acceptors (Lipinski definition) is 5. The fraction of sp³-hybridized carbons (Fsp3) is 0.381. The van der Waals surface area contributed by atoms with Gasteiger partial charge in [-0.25, -0.2) is 4.99 Å². The average Bonchev–Trinajstić information content (AvgIpc) is 3.48. The number of aliphatic imine (C=N–C) groups is 1. The molecule has 29 heavy (non-hydrogen) atoms. The molecule has 4 aliphatic rings. The molecule has 2 aliphatic heterocycles. The maximum atomic E-state index is 12.6. The van der Waals surface area contributed by atoms with Crippen LogP contribution in [0.4, 0.5) is 0 Å². The van der Waals surface area contributed by atoms with Crippen molar-refractivity contribution in [2.24, 2.45) is 16.8 Å². The minimum atomic E-state index is -0.331. The van der Waals surface area contributed by atoms with Crippen molar-refractivity contribution >= 4 is 29.8 Å². The summed E-state index contributed by atoms with van der Waals surface area (Å²) in [7, 11) is 1.47. The lowest BCUT2D eigenvalue weighted by atomic mass is 10.0. The largest absolute Gasteiger partial charge is 0.357 e. The van der Waals surface area contributed by atoms with E-state index in [-0.39, 0.29) is 43.4 Å². The van der Waals surface area contributed by atoms with Crippen molar-refractivity contribution in [1.29, 1.82) is 5.41 Å². The van der Waals surface area contributed by atoms with Gasteiger partial charge in [0, 0.05) is 38.4 Å². The zero-order valence-corrected chi connectivity index (χ0v) is 16.3. The lowest BCUT2D eigenvalue weighted by Gasteiger charge is -2.28. The lowest BCUT2D eigenvalue weighted by molar-refractivity contribution is -0.136. The Bertz CT molecular complexity index is 962. The van der Waals surface area contributed by atoms with Crippen LogP contribution in [0.2, 0.25) is 0 Å². The third-order valence-corrected chi connectivity index (χ3v) is 5.76. The molecule has 0 radical (unpaired) electrons. The summed E-state index contributed by atoms with van der Waals surface area (Å²) in [5.74, 6) is -0.178. The number of nitrogens with one attached hydrogen (secondary N) is 2. The van der Waals surface area contributed by atoms with E-state index in [0.29, 0.717) is 24.2 Å². The Kier molecular flexibility index (Phi) is 4.77. The zero-order valence-electron chi connectivity index (χ0n) is 16.3. The van der Waals surface area contributed by atoms with Crippen LogP contribution in [0, 0.1) is 17.2 Å². The minimum Gasteiger partial charge on any atom is -0.357 e. The van der Waals surface area contributed by atoms with Crippen molar-refractivity contribution in [1.82, 2.24) is 15.1 Å². The maximum absolute atomic E-state index is 12.6. The molecule has 152 valence electrons. The molecule has 2 atom stereocenters. The van der Waals surface area contributed by atoms with Gasteiger partial charge in [0.2, 0.25) is 5.91 Å². The first kappa shape index (κ1) is 19.0. The van der Waals surface area contributed by atoms with E-state index in [1.165, 1.54) is 19.3 Å². The number of rotatable bonds is 5. The van der Waals surface area contributed by atoms with Gasteiger partial charge in [-0.2, -0.15) is 0 Å². The highest BCUT2D eigenvalue weighted by atomic mass is 16.2. The number of fused-ring (bicyclic) bond motifs is 1. The number of imide groups is 1. The van der Waals surface area contributed by atoms with E-state index >= 15 is 0 Å². The number of allylic oxidation sites excluding steroid dienone is 4. The molecule has 8 heteroatoms. The van der Waals surface area contributed by atoms with E-state index in [9.17, 15) is 14.4 Å². The van der Waals surface area contributed by atoms with Crippen LogP contribution in [-0.2, 0) is 14.4 Å². The highest BCUT2D eigenvalue weighted by Crippen LogP contribution is 2.50. The van der Waals surface area contributed by atoms with Gasteiger partial charge in [0.25, 0.3) is 11.8 Å². The van der Waals surface area contributed by atoms with Crippen molar-refractivity contribution in [2.75, 3.05) is 20.1 Å². The Labute approximate surface area is 170 Å². The topological polar surface area (TPSA) is 106 Å². The molecule has 2 unspecified atom stereocenters. The zero-order chi connectivity index (χ0) is 20.7. The standard InChI is InChI=1S/C21H23N5O3.H2/c1-3-8-23-19(22)12-6-7-16(15-10-14(12)15)24-17(27)11-26-9-4-5-13-18(26)21(29)25(2)20(13)28;/h3,6-8,14-15,22H,1,4-5,9-11H2,2H3,(H,24,27);1H. The number of hydrogen-bond donors (Lipinski definition) is 2. The first-order valence-corrected chi connectivity index (χ1v) is 9.68. The third-order valence-electron chi connectivity index (χ3n) is 5.76. The van der Waals surface area contributed by atoms with Gasteiger partial charge in [0.05, 0.1) is 6.54 Å². The average molecular weight is 395 g/mol. The van der Waals surface area contributed by atoms with Gasteiger partial charge in [-0.1, -0.05) is 18.7 Å². The maximum Gasteiger partial charge on any atom is 0.277 e. The fourth-order valence-corrected chi connectivity index (χ4v) is 4.23. The van der Waals surface area contributed by atoms with Gasteiger partial charge in [0.15, 0.2) is 0 Å². The molecule has 0 bridgehead atoms. The minimum absolute atomic E-state index is 0. The summed E-state index contributed by atoms with van der Waals surface area (Å²) in [6, 6.07) is 0. The molecular weight excluding hydrogens is 370 g/mol. The van der Waals surface area contributed by atoms with Crippen molar-refractivity contribution < 1.29 is 15.8 Å². The van der Waals surface area contributed by atoms with Crippen LogP contribution in [0.25, 0.3) is 0 Å². The van der Waals surface area contributed by atoms with Crippen molar-refractivity contribution in [3.8, 4) is 0 Å². The van der Waals surface area contributed by atoms with Gasteiger partial charge < -0.3 is 10.2 Å². The van der Waals surface area contributed by atoms with Gasteiger partial charge in [0.1, 0.15) is 11.5 Å². The predicted octanol–water partition coefficient (Wildman–Crippen LogP) is 1.39. The normalized spacial score (nSPS) is 25.6. The second-order valence-corrected chi connectivity index (χ2v) is 7.62. The van der Waals surface area contributed by atoms with Gasteiger partial charge in [-0.15, -0.1) is 0 Å². The first-order valence-electron chi connectivity index (χ1n) is 9.68. The number of amides is 3. The van der Waals surface area contributed by atoms with Crippen LogP contribution in [0.1, 0.15) is 20.7 Å². The van der Waals surface area contributed by atoms with E-state index in [1.54, 1.807) is 4.90 Å². The van der Waals surface area contributed by atoms with Crippen molar-refractivity contribution in [2.45, 2.75) is 19.3 Å². The number of nitrogens with zero attached hydrogens (tertiary/aromatic N) is 3. The predicted molar refractivity (Wildman–Crippen MR) is 110 cm³/mol. The third kappa shape index (κ3) is 3.35. The molecule has 1 fully saturated rings. The quantitative estimate of drug-likeness (QED) is 0.417. The Morgan fingerprint density at radius 1 is 1.38 bits per heavy atom. The van der Waals surface area contributed by atoms with Crippen molar-refractivity contribution in [3.63, 3.8) is 0 Å². The number of likely N-dealkylation sites (N-methyl/N-ethyl adjacent to an activating group) is 1. The van der Waals surface area contributed by atoms with Gasteiger partial charge in [-0.3, -0.25) is 24.7 Å². The smallest absolute Gasteiger partial charge is 0.277 e. The summed E-state index contributed by atoms with van der Waals surface area (Å²) in [5.41, 5.74) is 2.59. The van der Waals surface area contributed by atoms with Crippen LogP contribution >= 0.6 is 0 Å². The molecule has 4 rings (SSSR count). The number of carbonyl (C=O) groups excluding carboxylic acids is 3. The summed E-state index contributed by atoms with van der Waals surface area (Å²) in [4.78, 5) is 44.1. The monoisotopic (exact) mass is 395 g/mol. The molecule has 0 aromatic carbocycles. The molecule has 8 nitrogen and oxygen atoms in total. The highest BCUT2D eigenvalue weighted by molar-refractivity contribution is 6.19. The van der Waals surface area contributed by atoms with Crippen LogP contribution in [-0.4, -0.2) is 59.7 Å². The molecule has 0 aromatic heterocycles. The highest BCUT2D eigenvalue weighted by Gasteiger charge is 2.46. The molecule has 0 aromatic rings. The number of carbonyl (C=O) groups is 3. The molecule has 2 heterocycles. The molecular formula is C21H25N5O3. The Balaban J connectivity index is 0.00000256. The summed E-state index contributed by atoms with van der Waals surface area (Å²) in [6.45, 7) is 4.17. The number of amidine groups is 1. The molecule has 2 aliphatic carbocycles. The molecule has 2 N–H and O–H groups in total. The van der Waals surface area contributed by atoms with E-state index in [2.05, 4.69) is 16.9 Å². The van der Waals surface area contributed by atoms with Crippen LogP contribution in [0.3, 0.4) is 0 Å². The van der Waals surface area contributed by atoms with Gasteiger partial charge in [-0.05, 0) is 36.8 Å². The molecule has 0 saturated heterocycles. The first-order chi connectivity index (χ1) is 13.9. The van der Waals surface area contributed by atoms with E-state index < -0.39 is 0 Å². The molecule has 3 amide bonds. The summed E-state index contributed by atoms with van der Waals surface area (Å²) in [6.07, 6.45) is 8.89. The lowest BCUT2D eigenvalue weighted by Crippen LogP contribution is -2.41. The Morgan fingerprint density at radius 3 is 2.93 bits per heavy atom. The van der Waals surface area contributed by atoms with Crippen LogP contribution < -0.4 is 5.32 Å². The second kappa shape index (κ2) is 7.27. The summed E-state index contributed by atoms with van der Waals surface area (Å²) in [5, 5.41) is 11.0. The molecule has 0 spiro atoms. The summed E-state index contributed by atoms with van der Waals surface area (Å²) >= 11 is 0. The van der Waals surface area contributed by atoms with Crippen LogP contribution in [0.15, 0.2) is 52.3 Å². The SMILES string of the molecule is C=CC=NC(=N)C1=CC=C(NC(=O)CN2CCCC3=C2C(=O)N(C)C3=O)C2CC12.[HH]. The fourth-order valence-electron chi connectivity index (χ4n) is 4.23. The van der Waals surface area contributed by atoms with E-state index in [0.717, 1.165) is 29.0 Å². The second-order valence-electron chi connectivity index (χ2n) is 7.62. The Morgan fingerprint density at radius 2 is 2.17 bits per heavy atom. The summed E-state index contributed by atoms with van der Waals surface area (Å²) < 4.78 is 0. The molecule has 1 saturated carbocycles.